The van der Waals surface area contributed by atoms with Gasteiger partial charge in [-0.1, -0.05) is 5.16 Å². The summed E-state index contributed by atoms with van der Waals surface area (Å²) in [5.41, 5.74) is 6.27. The molecule has 0 aliphatic heterocycles. The molecule has 1 heterocycles. The van der Waals surface area contributed by atoms with Crippen LogP contribution in [0.2, 0.25) is 0 Å². The molecule has 0 aromatic carbocycles. The molecular formula is C12H22N6O. The molecule has 3 N–H and O–H groups in total. The molecule has 0 amide bonds. The molecule has 0 saturated carbocycles. The van der Waals surface area contributed by atoms with Crippen LogP contribution in [0.25, 0.3) is 0 Å². The predicted octanol–water partition coefficient (Wildman–Crippen LogP) is 0.348. The number of oxime groups is 1. The van der Waals surface area contributed by atoms with E-state index in [2.05, 4.69) is 32.1 Å². The smallest absolute Gasteiger partial charge is 0.173 e. The Morgan fingerprint density at radius 3 is 2.74 bits per heavy atom. The van der Waals surface area contributed by atoms with Crippen LogP contribution in [0.4, 0.5) is 5.82 Å². The van der Waals surface area contributed by atoms with Crippen LogP contribution in [-0.4, -0.2) is 59.4 Å². The molecule has 1 unspecified atom stereocenters. The van der Waals surface area contributed by atoms with Gasteiger partial charge in [0.1, 0.15) is 0 Å². The van der Waals surface area contributed by atoms with Gasteiger partial charge in [-0.3, -0.25) is 0 Å². The summed E-state index contributed by atoms with van der Waals surface area (Å²) in [5.74, 6) is 0.676. The first-order valence-corrected chi connectivity index (χ1v) is 6.22. The normalized spacial score (nSPS) is 13.6. The minimum Gasteiger partial charge on any atom is -0.409 e. The van der Waals surface area contributed by atoms with E-state index in [9.17, 15) is 0 Å². The molecule has 0 spiro atoms. The molecule has 106 valence electrons. The Kier molecular flexibility index (Phi) is 5.50. The van der Waals surface area contributed by atoms with Crippen LogP contribution in [0.15, 0.2) is 17.4 Å². The lowest BCUT2D eigenvalue weighted by atomic mass is 10.2. The fraction of sp³-hybridized carbons (Fsp3) is 0.583. The van der Waals surface area contributed by atoms with Crippen molar-refractivity contribution in [2.45, 2.75) is 19.9 Å². The largest absolute Gasteiger partial charge is 0.409 e. The number of amidine groups is 1. The zero-order valence-corrected chi connectivity index (χ0v) is 11.9. The standard InChI is InChI=1S/C12H22N6O/c1-5-18(9(2)8-17(3)4)12-10(11(13)16-19)6-7-14-15-12/h6-7,9,19H,5,8H2,1-4H3,(H2,13,16). The number of hydrogen-bond donors (Lipinski definition) is 2. The summed E-state index contributed by atoms with van der Waals surface area (Å²) in [6, 6.07) is 1.93. The summed E-state index contributed by atoms with van der Waals surface area (Å²) in [7, 11) is 4.04. The van der Waals surface area contributed by atoms with Gasteiger partial charge in [0.05, 0.1) is 11.8 Å². The summed E-state index contributed by atoms with van der Waals surface area (Å²) in [6.45, 7) is 5.78. The van der Waals surface area contributed by atoms with Gasteiger partial charge >= 0.3 is 0 Å². The van der Waals surface area contributed by atoms with Crippen molar-refractivity contribution >= 4 is 11.7 Å². The van der Waals surface area contributed by atoms with Gasteiger partial charge in [0.25, 0.3) is 0 Å². The van der Waals surface area contributed by atoms with Crippen LogP contribution in [0.1, 0.15) is 19.4 Å². The Morgan fingerprint density at radius 1 is 1.53 bits per heavy atom. The van der Waals surface area contributed by atoms with Crippen molar-refractivity contribution in [2.75, 3.05) is 32.1 Å². The van der Waals surface area contributed by atoms with E-state index < -0.39 is 0 Å². The Labute approximate surface area is 113 Å². The van der Waals surface area contributed by atoms with Gasteiger partial charge in [0.15, 0.2) is 11.7 Å². The second-order valence-electron chi connectivity index (χ2n) is 4.65. The highest BCUT2D eigenvalue weighted by molar-refractivity contribution is 6.01. The maximum absolute atomic E-state index is 8.84. The lowest BCUT2D eigenvalue weighted by Gasteiger charge is -2.31. The van der Waals surface area contributed by atoms with Crippen molar-refractivity contribution in [2.24, 2.45) is 10.9 Å². The molecule has 1 rings (SSSR count). The lowest BCUT2D eigenvalue weighted by Crippen LogP contribution is -2.41. The van der Waals surface area contributed by atoms with E-state index in [1.165, 1.54) is 6.20 Å². The topological polar surface area (TPSA) is 90.9 Å². The van der Waals surface area contributed by atoms with Crippen molar-refractivity contribution in [3.05, 3.63) is 17.8 Å². The molecule has 0 fully saturated rings. The van der Waals surface area contributed by atoms with Crippen LogP contribution >= 0.6 is 0 Å². The average molecular weight is 266 g/mol. The van der Waals surface area contributed by atoms with Gasteiger partial charge in [0, 0.05) is 19.1 Å². The molecule has 7 heteroatoms. The van der Waals surface area contributed by atoms with Crippen LogP contribution in [-0.2, 0) is 0 Å². The lowest BCUT2D eigenvalue weighted by molar-refractivity contribution is 0.318. The fourth-order valence-electron chi connectivity index (χ4n) is 2.09. The molecule has 1 aromatic rings. The molecule has 0 bridgehead atoms. The highest BCUT2D eigenvalue weighted by Gasteiger charge is 2.20. The van der Waals surface area contributed by atoms with Gasteiger partial charge in [-0.05, 0) is 34.0 Å². The SMILES string of the molecule is CCN(c1nnccc1/C(N)=N/O)C(C)CN(C)C. The molecule has 0 radical (unpaired) electrons. The number of aromatic nitrogens is 2. The number of hydrogen-bond acceptors (Lipinski definition) is 6. The van der Waals surface area contributed by atoms with E-state index in [0.717, 1.165) is 13.1 Å². The van der Waals surface area contributed by atoms with Gasteiger partial charge in [-0.25, -0.2) is 0 Å². The second-order valence-corrected chi connectivity index (χ2v) is 4.65. The van der Waals surface area contributed by atoms with Crippen molar-refractivity contribution < 1.29 is 5.21 Å². The first-order valence-electron chi connectivity index (χ1n) is 6.22. The summed E-state index contributed by atoms with van der Waals surface area (Å²) in [4.78, 5) is 4.19. The van der Waals surface area contributed by atoms with Crippen LogP contribution in [0.3, 0.4) is 0 Å². The minimum atomic E-state index is 0.0420. The van der Waals surface area contributed by atoms with Gasteiger partial charge in [0.2, 0.25) is 0 Å². The van der Waals surface area contributed by atoms with Gasteiger partial charge < -0.3 is 20.7 Å². The molecule has 1 atom stereocenters. The van der Waals surface area contributed by atoms with E-state index in [1.54, 1.807) is 6.07 Å². The third-order valence-corrected chi connectivity index (χ3v) is 2.86. The Bertz CT molecular complexity index is 434. The molecular weight excluding hydrogens is 244 g/mol. The van der Waals surface area contributed by atoms with E-state index >= 15 is 0 Å². The molecule has 19 heavy (non-hydrogen) atoms. The summed E-state index contributed by atoms with van der Waals surface area (Å²) in [6.07, 6.45) is 1.53. The van der Waals surface area contributed by atoms with E-state index in [0.29, 0.717) is 11.4 Å². The number of anilines is 1. The number of nitrogens with two attached hydrogens (primary N) is 1. The summed E-state index contributed by atoms with van der Waals surface area (Å²) in [5, 5.41) is 19.9. The number of nitrogens with zero attached hydrogens (tertiary/aromatic N) is 5. The minimum absolute atomic E-state index is 0.0420. The Hall–Kier alpha value is -1.89. The maximum Gasteiger partial charge on any atom is 0.173 e. The third kappa shape index (κ3) is 3.78. The van der Waals surface area contributed by atoms with Crippen molar-refractivity contribution in [3.8, 4) is 0 Å². The Balaban J connectivity index is 3.11. The number of rotatable bonds is 6. The van der Waals surface area contributed by atoms with Gasteiger partial charge in [-0.2, -0.15) is 5.10 Å². The zero-order valence-electron chi connectivity index (χ0n) is 11.9. The fourth-order valence-corrected chi connectivity index (χ4v) is 2.09. The quantitative estimate of drug-likeness (QED) is 0.334. The maximum atomic E-state index is 8.84. The second kappa shape index (κ2) is 6.89. The Morgan fingerprint density at radius 2 is 2.21 bits per heavy atom. The molecule has 0 aliphatic carbocycles. The van der Waals surface area contributed by atoms with Crippen LogP contribution in [0, 0.1) is 0 Å². The van der Waals surface area contributed by atoms with Crippen molar-refractivity contribution in [1.82, 2.24) is 15.1 Å². The highest BCUT2D eigenvalue weighted by Crippen LogP contribution is 2.18. The molecule has 0 aliphatic rings. The van der Waals surface area contributed by atoms with Crippen molar-refractivity contribution in [3.63, 3.8) is 0 Å². The van der Waals surface area contributed by atoms with Crippen molar-refractivity contribution in [1.29, 1.82) is 0 Å². The summed E-state index contributed by atoms with van der Waals surface area (Å²) >= 11 is 0. The first kappa shape index (κ1) is 15.2. The summed E-state index contributed by atoms with van der Waals surface area (Å²) < 4.78 is 0. The monoisotopic (exact) mass is 266 g/mol. The van der Waals surface area contributed by atoms with E-state index in [-0.39, 0.29) is 11.9 Å². The molecule has 1 aromatic heterocycles. The van der Waals surface area contributed by atoms with Crippen LogP contribution < -0.4 is 10.6 Å². The molecule has 0 saturated heterocycles. The predicted molar refractivity (Wildman–Crippen MR) is 75.6 cm³/mol. The van der Waals surface area contributed by atoms with Crippen LogP contribution in [0.5, 0.6) is 0 Å². The average Bonchev–Trinajstić information content (AvgIpc) is 2.38. The zero-order chi connectivity index (χ0) is 14.4. The highest BCUT2D eigenvalue weighted by atomic mass is 16.4. The van der Waals surface area contributed by atoms with Gasteiger partial charge in [-0.15, -0.1) is 5.10 Å². The molecule has 7 nitrogen and oxygen atoms in total. The van der Waals surface area contributed by atoms with E-state index in [1.807, 2.05) is 21.0 Å². The van der Waals surface area contributed by atoms with E-state index in [4.69, 9.17) is 10.9 Å². The number of likely N-dealkylation sites (N-methyl/N-ethyl adjacent to an activating group) is 2. The third-order valence-electron chi connectivity index (χ3n) is 2.86. The first-order chi connectivity index (χ1) is 9.01.